The van der Waals surface area contributed by atoms with Crippen molar-refractivity contribution >= 4 is 0 Å². The van der Waals surface area contributed by atoms with Gasteiger partial charge in [-0.15, -0.1) is 0 Å². The van der Waals surface area contributed by atoms with Gasteiger partial charge in [-0.05, 0) is 54.7 Å². The number of rotatable bonds is 0. The standard InChI is InChI=1S/C16H25NO.C2H6/c1-14(2)12-10-8-9-11-13(12)18-16(5,6)15(3,4)17(14)7;1-2/h8-11H,1-7H3;1-2H3. The van der Waals surface area contributed by atoms with Gasteiger partial charge in [-0.25, -0.2) is 0 Å². The molecule has 0 radical (unpaired) electrons. The molecule has 2 rings (SSSR count). The van der Waals surface area contributed by atoms with Crippen LogP contribution in [0.1, 0.15) is 61.0 Å². The molecule has 0 spiro atoms. The first-order valence-electron chi connectivity index (χ1n) is 7.63. The SMILES string of the molecule is CC.CN1C(C)(C)c2ccccc2OC(C)(C)C1(C)C. The Balaban J connectivity index is 0.000000956. The summed E-state index contributed by atoms with van der Waals surface area (Å²) in [5, 5.41) is 0. The highest BCUT2D eigenvalue weighted by atomic mass is 16.5. The van der Waals surface area contributed by atoms with E-state index >= 15 is 0 Å². The average molecular weight is 277 g/mol. The number of likely N-dealkylation sites (N-methyl/N-ethyl adjacent to an activating group) is 1. The lowest BCUT2D eigenvalue weighted by Crippen LogP contribution is -2.61. The van der Waals surface area contributed by atoms with Gasteiger partial charge >= 0.3 is 0 Å². The topological polar surface area (TPSA) is 12.5 Å². The molecule has 0 aliphatic carbocycles. The van der Waals surface area contributed by atoms with Crippen LogP contribution in [0.4, 0.5) is 0 Å². The van der Waals surface area contributed by atoms with Gasteiger partial charge in [0.1, 0.15) is 11.4 Å². The summed E-state index contributed by atoms with van der Waals surface area (Å²) < 4.78 is 6.32. The van der Waals surface area contributed by atoms with Crippen molar-refractivity contribution in [2.24, 2.45) is 0 Å². The van der Waals surface area contributed by atoms with E-state index < -0.39 is 0 Å². The van der Waals surface area contributed by atoms with E-state index in [0.717, 1.165) is 5.75 Å². The molecule has 0 fully saturated rings. The zero-order valence-electron chi connectivity index (χ0n) is 14.7. The number of fused-ring (bicyclic) bond motifs is 1. The third-order valence-corrected chi connectivity index (χ3v) is 5.06. The molecular weight excluding hydrogens is 246 g/mol. The minimum absolute atomic E-state index is 0.0478. The molecule has 0 amide bonds. The van der Waals surface area contributed by atoms with Crippen LogP contribution >= 0.6 is 0 Å². The lowest BCUT2D eigenvalue weighted by atomic mass is 9.81. The number of hydrogen-bond acceptors (Lipinski definition) is 2. The Morgan fingerprint density at radius 3 is 1.95 bits per heavy atom. The quantitative estimate of drug-likeness (QED) is 0.673. The molecule has 1 aromatic carbocycles. The highest BCUT2D eigenvalue weighted by molar-refractivity contribution is 5.41. The predicted molar refractivity (Wildman–Crippen MR) is 87.4 cm³/mol. The van der Waals surface area contributed by atoms with Crippen LogP contribution in [-0.2, 0) is 5.54 Å². The van der Waals surface area contributed by atoms with Crippen LogP contribution in [0.2, 0.25) is 0 Å². The lowest BCUT2D eigenvalue weighted by Gasteiger charge is -2.50. The first-order chi connectivity index (χ1) is 9.11. The number of benzene rings is 1. The fraction of sp³-hybridized carbons (Fsp3) is 0.667. The fourth-order valence-corrected chi connectivity index (χ4v) is 2.74. The second-order valence-electron chi connectivity index (χ2n) is 6.79. The maximum absolute atomic E-state index is 6.32. The predicted octanol–water partition coefficient (Wildman–Crippen LogP) is 4.83. The molecule has 0 unspecified atom stereocenters. The normalized spacial score (nSPS) is 22.6. The third-order valence-electron chi connectivity index (χ3n) is 5.06. The van der Waals surface area contributed by atoms with Crippen LogP contribution in [-0.4, -0.2) is 23.1 Å². The van der Waals surface area contributed by atoms with E-state index in [1.54, 1.807) is 0 Å². The van der Waals surface area contributed by atoms with Gasteiger partial charge in [0, 0.05) is 11.1 Å². The molecule has 0 N–H and O–H groups in total. The molecular formula is C18H31NO. The molecule has 114 valence electrons. The summed E-state index contributed by atoms with van der Waals surface area (Å²) in [6.07, 6.45) is 0. The van der Waals surface area contributed by atoms with Crippen molar-refractivity contribution in [1.29, 1.82) is 0 Å². The molecule has 0 bridgehead atoms. The van der Waals surface area contributed by atoms with Gasteiger partial charge in [0.25, 0.3) is 0 Å². The molecule has 20 heavy (non-hydrogen) atoms. The van der Waals surface area contributed by atoms with Gasteiger partial charge in [0.15, 0.2) is 0 Å². The lowest BCUT2D eigenvalue weighted by molar-refractivity contribution is -0.0669. The minimum atomic E-state index is -0.244. The Hall–Kier alpha value is -1.02. The summed E-state index contributed by atoms with van der Waals surface area (Å²) in [6, 6.07) is 8.38. The van der Waals surface area contributed by atoms with Crippen molar-refractivity contribution in [2.75, 3.05) is 7.05 Å². The second-order valence-corrected chi connectivity index (χ2v) is 6.79. The molecule has 2 nitrogen and oxygen atoms in total. The smallest absolute Gasteiger partial charge is 0.125 e. The summed E-state index contributed by atoms with van der Waals surface area (Å²) in [5.74, 6) is 1.00. The number of nitrogens with zero attached hydrogens (tertiary/aromatic N) is 1. The fourth-order valence-electron chi connectivity index (χ4n) is 2.74. The monoisotopic (exact) mass is 277 g/mol. The zero-order chi connectivity index (χ0) is 15.8. The van der Waals surface area contributed by atoms with Crippen molar-refractivity contribution in [3.05, 3.63) is 29.8 Å². The molecule has 0 atom stereocenters. The molecule has 1 aliphatic rings. The van der Waals surface area contributed by atoms with E-state index in [-0.39, 0.29) is 16.7 Å². The number of hydrogen-bond donors (Lipinski definition) is 0. The largest absolute Gasteiger partial charge is 0.486 e. The Morgan fingerprint density at radius 1 is 0.900 bits per heavy atom. The molecule has 0 saturated heterocycles. The first-order valence-corrected chi connectivity index (χ1v) is 7.63. The van der Waals surface area contributed by atoms with Gasteiger partial charge in [-0.1, -0.05) is 32.0 Å². The number of ether oxygens (including phenoxy) is 1. The summed E-state index contributed by atoms with van der Waals surface area (Å²) in [7, 11) is 2.19. The molecule has 0 aromatic heterocycles. The molecule has 0 saturated carbocycles. The van der Waals surface area contributed by atoms with E-state index in [9.17, 15) is 0 Å². The van der Waals surface area contributed by atoms with Crippen molar-refractivity contribution in [3.8, 4) is 5.75 Å². The van der Waals surface area contributed by atoms with Crippen molar-refractivity contribution < 1.29 is 4.74 Å². The second kappa shape index (κ2) is 5.40. The first kappa shape index (κ1) is 17.0. The molecule has 1 heterocycles. The molecule has 2 heteroatoms. The van der Waals surface area contributed by atoms with Gasteiger partial charge in [-0.3, -0.25) is 4.90 Å². The Labute approximate surface area is 125 Å². The highest BCUT2D eigenvalue weighted by Gasteiger charge is 2.50. The van der Waals surface area contributed by atoms with E-state index in [2.05, 4.69) is 71.7 Å². The van der Waals surface area contributed by atoms with Crippen molar-refractivity contribution in [2.45, 2.75) is 72.1 Å². The van der Waals surface area contributed by atoms with E-state index in [4.69, 9.17) is 4.74 Å². The van der Waals surface area contributed by atoms with Crippen molar-refractivity contribution in [1.82, 2.24) is 4.90 Å². The van der Waals surface area contributed by atoms with Crippen LogP contribution in [0.5, 0.6) is 5.75 Å². The molecule has 1 aromatic rings. The summed E-state index contributed by atoms with van der Waals surface area (Å²) in [4.78, 5) is 2.42. The zero-order valence-corrected chi connectivity index (χ0v) is 14.7. The maximum atomic E-state index is 6.32. The van der Waals surface area contributed by atoms with Gasteiger partial charge in [-0.2, -0.15) is 0 Å². The summed E-state index contributed by atoms with van der Waals surface area (Å²) in [5.41, 5.74) is 0.904. The van der Waals surface area contributed by atoms with Gasteiger partial charge < -0.3 is 4.74 Å². The Kier molecular flexibility index (Phi) is 4.60. The van der Waals surface area contributed by atoms with Gasteiger partial charge in [0.2, 0.25) is 0 Å². The van der Waals surface area contributed by atoms with E-state index in [1.165, 1.54) is 5.56 Å². The van der Waals surface area contributed by atoms with Crippen molar-refractivity contribution in [3.63, 3.8) is 0 Å². The van der Waals surface area contributed by atoms with Crippen LogP contribution in [0.15, 0.2) is 24.3 Å². The maximum Gasteiger partial charge on any atom is 0.125 e. The Bertz CT molecular complexity index is 460. The van der Waals surface area contributed by atoms with E-state index in [1.807, 2.05) is 19.9 Å². The summed E-state index contributed by atoms with van der Waals surface area (Å²) >= 11 is 0. The van der Waals surface area contributed by atoms with Crippen LogP contribution in [0, 0.1) is 0 Å². The van der Waals surface area contributed by atoms with E-state index in [0.29, 0.717) is 0 Å². The minimum Gasteiger partial charge on any atom is -0.486 e. The third kappa shape index (κ3) is 2.46. The van der Waals surface area contributed by atoms with Crippen LogP contribution < -0.4 is 4.74 Å². The van der Waals surface area contributed by atoms with Crippen LogP contribution in [0.25, 0.3) is 0 Å². The highest BCUT2D eigenvalue weighted by Crippen LogP contribution is 2.46. The van der Waals surface area contributed by atoms with Crippen LogP contribution in [0.3, 0.4) is 0 Å². The number of para-hydroxylation sites is 1. The average Bonchev–Trinajstić information content (AvgIpc) is 2.42. The van der Waals surface area contributed by atoms with Gasteiger partial charge in [0.05, 0.1) is 5.54 Å². The Morgan fingerprint density at radius 2 is 1.40 bits per heavy atom. The molecule has 1 aliphatic heterocycles. The summed E-state index contributed by atoms with van der Waals surface area (Å²) in [6.45, 7) is 17.4.